The van der Waals surface area contributed by atoms with Crippen LogP contribution >= 0.6 is 0 Å². The number of hydrogen-bond acceptors (Lipinski definition) is 7. The molecule has 0 saturated carbocycles. The Balaban J connectivity index is 2.08. The van der Waals surface area contributed by atoms with E-state index in [-0.39, 0.29) is 13.0 Å². The molecule has 1 heterocycles. The maximum absolute atomic E-state index is 11.4. The Bertz CT molecular complexity index is 574. The Labute approximate surface area is 147 Å². The van der Waals surface area contributed by atoms with Gasteiger partial charge in [0.05, 0.1) is 13.0 Å². The second-order valence-electron chi connectivity index (χ2n) is 5.71. The third kappa shape index (κ3) is 5.52. The molecular weight excluding hydrogens is 328 g/mol. The average Bonchev–Trinajstić information content (AvgIpc) is 2.84. The summed E-state index contributed by atoms with van der Waals surface area (Å²) in [7, 11) is 0. The predicted octanol–water partition coefficient (Wildman–Crippen LogP) is 2.18. The zero-order valence-corrected chi connectivity index (χ0v) is 14.7. The number of benzene rings is 1. The predicted molar refractivity (Wildman–Crippen MR) is 87.3 cm³/mol. The van der Waals surface area contributed by atoms with Crippen LogP contribution in [-0.2, 0) is 39.9 Å². The normalized spacial score (nSPS) is 25.6. The van der Waals surface area contributed by atoms with Crippen LogP contribution in [0.15, 0.2) is 30.3 Å². The van der Waals surface area contributed by atoms with Gasteiger partial charge in [0.15, 0.2) is 6.10 Å². The maximum Gasteiger partial charge on any atom is 0.304 e. The van der Waals surface area contributed by atoms with Crippen LogP contribution in [0.2, 0.25) is 0 Å². The van der Waals surface area contributed by atoms with Crippen molar-refractivity contribution < 1.29 is 33.3 Å². The van der Waals surface area contributed by atoms with Gasteiger partial charge in [-0.2, -0.15) is 0 Å². The van der Waals surface area contributed by atoms with Gasteiger partial charge in [0.25, 0.3) is 0 Å². The Morgan fingerprint density at radius 3 is 2.44 bits per heavy atom. The molecule has 1 aromatic carbocycles. The van der Waals surface area contributed by atoms with E-state index in [1.165, 1.54) is 13.8 Å². The molecule has 0 bridgehead atoms. The van der Waals surface area contributed by atoms with E-state index < -0.39 is 30.1 Å². The number of esters is 2. The van der Waals surface area contributed by atoms with Crippen molar-refractivity contribution in [1.29, 1.82) is 0 Å². The number of carbonyl (C=O) groups excluding carboxylic acids is 2. The minimum absolute atomic E-state index is 0.0332. The fourth-order valence-electron chi connectivity index (χ4n) is 2.72. The Hall–Kier alpha value is -1.96. The highest BCUT2D eigenvalue weighted by molar-refractivity contribution is 5.66. The van der Waals surface area contributed by atoms with Crippen molar-refractivity contribution >= 4 is 11.9 Å². The summed E-state index contributed by atoms with van der Waals surface area (Å²) in [5.74, 6) is -2.26. The molecule has 138 valence electrons. The molecule has 3 atom stereocenters. The molecule has 1 saturated heterocycles. The second-order valence-corrected chi connectivity index (χ2v) is 5.71. The Kier molecular flexibility index (Phi) is 6.92. The van der Waals surface area contributed by atoms with Gasteiger partial charge in [-0.25, -0.2) is 0 Å². The quantitative estimate of drug-likeness (QED) is 0.663. The van der Waals surface area contributed by atoms with E-state index in [9.17, 15) is 9.59 Å². The van der Waals surface area contributed by atoms with Gasteiger partial charge in [0.2, 0.25) is 12.1 Å². The topological polar surface area (TPSA) is 80.3 Å². The Morgan fingerprint density at radius 2 is 1.84 bits per heavy atom. The molecule has 0 spiro atoms. The summed E-state index contributed by atoms with van der Waals surface area (Å²) in [6.07, 6.45) is -1.40. The molecule has 1 aromatic rings. The van der Waals surface area contributed by atoms with Crippen LogP contribution in [0.25, 0.3) is 0 Å². The monoisotopic (exact) mass is 352 g/mol. The van der Waals surface area contributed by atoms with Crippen molar-refractivity contribution in [3.63, 3.8) is 0 Å². The molecule has 1 aliphatic rings. The molecule has 2 rings (SSSR count). The smallest absolute Gasteiger partial charge is 0.304 e. The van der Waals surface area contributed by atoms with Crippen molar-refractivity contribution in [3.8, 4) is 0 Å². The van der Waals surface area contributed by atoms with Gasteiger partial charge in [0, 0.05) is 20.5 Å². The summed E-state index contributed by atoms with van der Waals surface area (Å²) < 4.78 is 27.7. The van der Waals surface area contributed by atoms with Crippen LogP contribution in [0.4, 0.5) is 0 Å². The molecule has 0 N–H and O–H groups in total. The zero-order valence-electron chi connectivity index (χ0n) is 14.7. The molecule has 0 radical (unpaired) electrons. The van der Waals surface area contributed by atoms with Gasteiger partial charge in [-0.1, -0.05) is 30.3 Å². The number of ether oxygens (including phenoxy) is 5. The van der Waals surface area contributed by atoms with E-state index in [1.807, 2.05) is 30.3 Å². The average molecular weight is 352 g/mol. The Morgan fingerprint density at radius 1 is 1.16 bits per heavy atom. The molecule has 7 heteroatoms. The van der Waals surface area contributed by atoms with Gasteiger partial charge < -0.3 is 23.7 Å². The van der Waals surface area contributed by atoms with Gasteiger partial charge in [-0.15, -0.1) is 0 Å². The van der Waals surface area contributed by atoms with Crippen molar-refractivity contribution in [3.05, 3.63) is 35.9 Å². The molecular formula is C18H24O7. The second kappa shape index (κ2) is 8.94. The standard InChI is InChI=1S/C18H24O7/c1-4-22-18(12-21-11-15-8-6-5-7-9-15)16(23-13(2)19)10-17(25-18)24-14(3)20/h5-9,16-17H,4,10-12H2,1-3H3/t16-,17?,18-/m1/s1. The molecule has 7 nitrogen and oxygen atoms in total. The molecule has 0 amide bonds. The molecule has 0 aliphatic carbocycles. The fourth-order valence-corrected chi connectivity index (χ4v) is 2.72. The highest BCUT2D eigenvalue weighted by Crippen LogP contribution is 2.35. The first kappa shape index (κ1) is 19.4. The zero-order chi connectivity index (χ0) is 18.3. The number of rotatable bonds is 8. The van der Waals surface area contributed by atoms with Crippen LogP contribution < -0.4 is 0 Å². The molecule has 1 fully saturated rings. The van der Waals surface area contributed by atoms with E-state index in [0.717, 1.165) is 5.56 Å². The molecule has 0 aromatic heterocycles. The lowest BCUT2D eigenvalue weighted by Crippen LogP contribution is -2.48. The lowest BCUT2D eigenvalue weighted by Gasteiger charge is -2.32. The number of hydrogen-bond donors (Lipinski definition) is 0. The largest absolute Gasteiger partial charge is 0.456 e. The SMILES string of the molecule is CCO[C@]1(COCc2ccccc2)OC(OC(C)=O)C[C@H]1OC(C)=O. The van der Waals surface area contributed by atoms with Crippen LogP contribution in [0.5, 0.6) is 0 Å². The highest BCUT2D eigenvalue weighted by Gasteiger charge is 2.53. The first-order valence-electron chi connectivity index (χ1n) is 8.23. The van der Waals surface area contributed by atoms with E-state index in [4.69, 9.17) is 23.7 Å². The maximum atomic E-state index is 11.4. The third-order valence-electron chi connectivity index (χ3n) is 3.64. The highest BCUT2D eigenvalue weighted by atomic mass is 16.8. The fraction of sp³-hybridized carbons (Fsp3) is 0.556. The summed E-state index contributed by atoms with van der Waals surface area (Å²) >= 11 is 0. The van der Waals surface area contributed by atoms with E-state index in [0.29, 0.717) is 13.2 Å². The van der Waals surface area contributed by atoms with Gasteiger partial charge >= 0.3 is 11.9 Å². The van der Waals surface area contributed by atoms with Crippen molar-refractivity contribution in [2.24, 2.45) is 0 Å². The summed E-state index contributed by atoms with van der Waals surface area (Å²) in [4.78, 5) is 22.6. The minimum atomic E-state index is -1.31. The van der Waals surface area contributed by atoms with Crippen LogP contribution in [0, 0.1) is 0 Å². The van der Waals surface area contributed by atoms with Gasteiger partial charge in [-0.05, 0) is 12.5 Å². The van der Waals surface area contributed by atoms with Crippen molar-refractivity contribution in [2.75, 3.05) is 13.2 Å². The molecule has 25 heavy (non-hydrogen) atoms. The molecule has 1 unspecified atom stereocenters. The molecule has 1 aliphatic heterocycles. The number of carbonyl (C=O) groups is 2. The van der Waals surface area contributed by atoms with Gasteiger partial charge in [-0.3, -0.25) is 9.59 Å². The summed E-state index contributed by atoms with van der Waals surface area (Å²) in [6, 6.07) is 9.64. The van der Waals surface area contributed by atoms with E-state index >= 15 is 0 Å². The summed E-state index contributed by atoms with van der Waals surface area (Å²) in [5, 5.41) is 0. The van der Waals surface area contributed by atoms with E-state index in [1.54, 1.807) is 6.92 Å². The van der Waals surface area contributed by atoms with Crippen molar-refractivity contribution in [1.82, 2.24) is 0 Å². The minimum Gasteiger partial charge on any atom is -0.456 e. The lowest BCUT2D eigenvalue weighted by atomic mass is 10.1. The summed E-state index contributed by atoms with van der Waals surface area (Å²) in [5.41, 5.74) is 0.993. The van der Waals surface area contributed by atoms with Gasteiger partial charge in [0.1, 0.15) is 6.61 Å². The van der Waals surface area contributed by atoms with Crippen LogP contribution in [0.3, 0.4) is 0 Å². The third-order valence-corrected chi connectivity index (χ3v) is 3.64. The first-order chi connectivity index (χ1) is 11.9. The first-order valence-corrected chi connectivity index (χ1v) is 8.23. The van der Waals surface area contributed by atoms with Crippen molar-refractivity contribution in [2.45, 2.75) is 52.0 Å². The lowest BCUT2D eigenvalue weighted by molar-refractivity contribution is -0.303. The van der Waals surface area contributed by atoms with E-state index in [2.05, 4.69) is 0 Å². The summed E-state index contributed by atoms with van der Waals surface area (Å²) in [6.45, 7) is 5.10. The van der Waals surface area contributed by atoms with Crippen LogP contribution in [0.1, 0.15) is 32.8 Å². The van der Waals surface area contributed by atoms with Crippen LogP contribution in [-0.4, -0.2) is 43.3 Å².